The number of hydrogen-bond acceptors (Lipinski definition) is 3. The molecular formula is C14H23F3N4S. The summed E-state index contributed by atoms with van der Waals surface area (Å²) < 4.78 is 36.6. The van der Waals surface area contributed by atoms with E-state index < -0.39 is 12.7 Å². The SMILES string of the molecule is CCNC(=NCc1ccsc1)NCCCN(C)CC(F)(F)F. The van der Waals surface area contributed by atoms with E-state index in [4.69, 9.17) is 0 Å². The Hall–Kier alpha value is -1.28. The molecular weight excluding hydrogens is 313 g/mol. The topological polar surface area (TPSA) is 39.7 Å². The van der Waals surface area contributed by atoms with Crippen molar-refractivity contribution in [3.05, 3.63) is 22.4 Å². The van der Waals surface area contributed by atoms with Gasteiger partial charge in [-0.3, -0.25) is 4.90 Å². The number of nitrogens with zero attached hydrogens (tertiary/aromatic N) is 2. The van der Waals surface area contributed by atoms with Gasteiger partial charge in [0.25, 0.3) is 0 Å². The van der Waals surface area contributed by atoms with Gasteiger partial charge in [-0.2, -0.15) is 24.5 Å². The van der Waals surface area contributed by atoms with Crippen LogP contribution in [0.4, 0.5) is 13.2 Å². The lowest BCUT2D eigenvalue weighted by Gasteiger charge is -2.18. The Labute approximate surface area is 133 Å². The van der Waals surface area contributed by atoms with Gasteiger partial charge in [0.15, 0.2) is 5.96 Å². The van der Waals surface area contributed by atoms with Crippen molar-refractivity contribution in [2.24, 2.45) is 4.99 Å². The van der Waals surface area contributed by atoms with Crippen LogP contribution in [0.5, 0.6) is 0 Å². The fourth-order valence-electron chi connectivity index (χ4n) is 1.84. The number of aliphatic imine (C=N–C) groups is 1. The molecule has 0 atom stereocenters. The average molecular weight is 336 g/mol. The summed E-state index contributed by atoms with van der Waals surface area (Å²) in [5.41, 5.74) is 1.15. The summed E-state index contributed by atoms with van der Waals surface area (Å²) in [5, 5.41) is 10.3. The molecule has 0 saturated carbocycles. The molecule has 0 spiro atoms. The normalized spacial score (nSPS) is 12.7. The van der Waals surface area contributed by atoms with Crippen LogP contribution in [-0.2, 0) is 6.54 Å². The van der Waals surface area contributed by atoms with Crippen LogP contribution in [0.2, 0.25) is 0 Å². The summed E-state index contributed by atoms with van der Waals surface area (Å²) in [6.07, 6.45) is -3.52. The number of hydrogen-bond donors (Lipinski definition) is 2. The smallest absolute Gasteiger partial charge is 0.357 e. The molecule has 0 aromatic carbocycles. The van der Waals surface area contributed by atoms with Crippen molar-refractivity contribution < 1.29 is 13.2 Å². The average Bonchev–Trinajstić information content (AvgIpc) is 2.92. The maximum absolute atomic E-state index is 12.2. The maximum atomic E-state index is 12.2. The zero-order chi connectivity index (χ0) is 16.4. The Morgan fingerprint density at radius 2 is 2.14 bits per heavy atom. The van der Waals surface area contributed by atoms with Crippen LogP contribution < -0.4 is 10.6 Å². The van der Waals surface area contributed by atoms with Gasteiger partial charge in [0.1, 0.15) is 0 Å². The first-order valence-electron chi connectivity index (χ1n) is 7.19. The molecule has 0 unspecified atom stereocenters. The molecule has 0 radical (unpaired) electrons. The lowest BCUT2D eigenvalue weighted by atomic mass is 10.3. The third kappa shape index (κ3) is 8.89. The Balaban J connectivity index is 2.28. The van der Waals surface area contributed by atoms with Crippen LogP contribution in [0, 0.1) is 0 Å². The van der Waals surface area contributed by atoms with Crippen LogP contribution >= 0.6 is 11.3 Å². The van der Waals surface area contributed by atoms with Crippen molar-refractivity contribution in [3.8, 4) is 0 Å². The van der Waals surface area contributed by atoms with E-state index in [2.05, 4.69) is 15.6 Å². The molecule has 4 nitrogen and oxygen atoms in total. The molecule has 1 rings (SSSR count). The summed E-state index contributed by atoms with van der Waals surface area (Å²) in [4.78, 5) is 5.71. The molecule has 0 bridgehead atoms. The molecule has 0 saturated heterocycles. The highest BCUT2D eigenvalue weighted by Crippen LogP contribution is 2.15. The molecule has 126 valence electrons. The lowest BCUT2D eigenvalue weighted by Crippen LogP contribution is -2.39. The highest BCUT2D eigenvalue weighted by atomic mass is 32.1. The van der Waals surface area contributed by atoms with Gasteiger partial charge in [-0.15, -0.1) is 0 Å². The molecule has 0 fully saturated rings. The van der Waals surface area contributed by atoms with Gasteiger partial charge >= 0.3 is 6.18 Å². The number of nitrogens with one attached hydrogen (secondary N) is 2. The summed E-state index contributed by atoms with van der Waals surface area (Å²) in [7, 11) is 1.48. The monoisotopic (exact) mass is 336 g/mol. The summed E-state index contributed by atoms with van der Waals surface area (Å²) in [6.45, 7) is 3.39. The highest BCUT2D eigenvalue weighted by molar-refractivity contribution is 7.07. The molecule has 1 heterocycles. The first-order valence-corrected chi connectivity index (χ1v) is 8.13. The van der Waals surface area contributed by atoms with E-state index in [1.54, 1.807) is 11.3 Å². The number of halogens is 3. The summed E-state index contributed by atoms with van der Waals surface area (Å²) in [6, 6.07) is 2.02. The van der Waals surface area contributed by atoms with Gasteiger partial charge in [0, 0.05) is 13.1 Å². The van der Waals surface area contributed by atoms with Crippen LogP contribution in [0.15, 0.2) is 21.8 Å². The molecule has 8 heteroatoms. The van der Waals surface area contributed by atoms with E-state index >= 15 is 0 Å². The van der Waals surface area contributed by atoms with E-state index in [9.17, 15) is 13.2 Å². The molecule has 2 N–H and O–H groups in total. The predicted molar refractivity (Wildman–Crippen MR) is 85.3 cm³/mol. The van der Waals surface area contributed by atoms with E-state index in [0.29, 0.717) is 32.0 Å². The zero-order valence-corrected chi connectivity index (χ0v) is 13.7. The van der Waals surface area contributed by atoms with Crippen LogP contribution in [-0.4, -0.2) is 50.3 Å². The third-order valence-corrected chi connectivity index (χ3v) is 3.53. The van der Waals surface area contributed by atoms with Gasteiger partial charge in [0.05, 0.1) is 13.1 Å². The van der Waals surface area contributed by atoms with Crippen molar-refractivity contribution in [2.75, 3.05) is 33.2 Å². The van der Waals surface area contributed by atoms with Gasteiger partial charge in [-0.25, -0.2) is 4.99 Å². The largest absolute Gasteiger partial charge is 0.401 e. The molecule has 0 aliphatic carbocycles. The first kappa shape index (κ1) is 18.8. The van der Waals surface area contributed by atoms with E-state index in [-0.39, 0.29) is 0 Å². The minimum absolute atomic E-state index is 0.385. The van der Waals surface area contributed by atoms with E-state index in [0.717, 1.165) is 12.1 Å². The van der Waals surface area contributed by atoms with Crippen LogP contribution in [0.3, 0.4) is 0 Å². The van der Waals surface area contributed by atoms with E-state index in [1.807, 2.05) is 23.8 Å². The van der Waals surface area contributed by atoms with Crippen LogP contribution in [0.25, 0.3) is 0 Å². The fraction of sp³-hybridized carbons (Fsp3) is 0.643. The molecule has 0 aliphatic heterocycles. The molecule has 1 aromatic heterocycles. The molecule has 22 heavy (non-hydrogen) atoms. The minimum Gasteiger partial charge on any atom is -0.357 e. The molecule has 1 aromatic rings. The molecule has 0 amide bonds. The van der Waals surface area contributed by atoms with Crippen molar-refractivity contribution in [1.29, 1.82) is 0 Å². The van der Waals surface area contributed by atoms with Gasteiger partial charge in [-0.05, 0) is 49.3 Å². The zero-order valence-electron chi connectivity index (χ0n) is 12.9. The second kappa shape index (κ2) is 9.68. The lowest BCUT2D eigenvalue weighted by molar-refractivity contribution is -0.143. The summed E-state index contributed by atoms with van der Waals surface area (Å²) in [5.74, 6) is 0.687. The standard InChI is InChI=1S/C14H23F3N4S/c1-3-18-13(20-9-12-5-8-22-10-12)19-6-4-7-21(2)11-14(15,16)17/h5,8,10H,3-4,6-7,9,11H2,1-2H3,(H2,18,19,20). The maximum Gasteiger partial charge on any atom is 0.401 e. The third-order valence-electron chi connectivity index (χ3n) is 2.80. The van der Waals surface area contributed by atoms with Crippen molar-refractivity contribution in [3.63, 3.8) is 0 Å². The van der Waals surface area contributed by atoms with Crippen molar-refractivity contribution in [2.45, 2.75) is 26.1 Å². The molecule has 0 aliphatic rings. The quantitative estimate of drug-likeness (QED) is 0.436. The Morgan fingerprint density at radius 3 is 2.73 bits per heavy atom. The first-order chi connectivity index (χ1) is 10.4. The number of alkyl halides is 3. The number of thiophene rings is 1. The fourth-order valence-corrected chi connectivity index (χ4v) is 2.50. The van der Waals surface area contributed by atoms with E-state index in [1.165, 1.54) is 11.9 Å². The minimum atomic E-state index is -4.14. The Bertz CT molecular complexity index is 432. The van der Waals surface area contributed by atoms with Crippen molar-refractivity contribution >= 4 is 17.3 Å². The van der Waals surface area contributed by atoms with Crippen LogP contribution in [0.1, 0.15) is 18.9 Å². The predicted octanol–water partition coefficient (Wildman–Crippen LogP) is 2.69. The number of rotatable bonds is 8. The highest BCUT2D eigenvalue weighted by Gasteiger charge is 2.28. The summed E-state index contributed by atoms with van der Waals surface area (Å²) >= 11 is 1.63. The second-order valence-electron chi connectivity index (χ2n) is 4.96. The second-order valence-corrected chi connectivity index (χ2v) is 5.74. The Kier molecular flexibility index (Phi) is 8.26. The number of guanidine groups is 1. The Morgan fingerprint density at radius 1 is 1.36 bits per heavy atom. The van der Waals surface area contributed by atoms with Gasteiger partial charge < -0.3 is 10.6 Å². The van der Waals surface area contributed by atoms with Crippen molar-refractivity contribution in [1.82, 2.24) is 15.5 Å². The van der Waals surface area contributed by atoms with Gasteiger partial charge in [-0.1, -0.05) is 0 Å². The van der Waals surface area contributed by atoms with Gasteiger partial charge in [0.2, 0.25) is 0 Å².